The normalized spacial score (nSPS) is 23.8. The van der Waals surface area contributed by atoms with E-state index in [4.69, 9.17) is 4.74 Å². The van der Waals surface area contributed by atoms with E-state index in [1.165, 1.54) is 12.1 Å². The third-order valence-electron chi connectivity index (χ3n) is 4.08. The summed E-state index contributed by atoms with van der Waals surface area (Å²) in [6.07, 6.45) is 4.18. The molecule has 0 amide bonds. The van der Waals surface area contributed by atoms with E-state index in [1.54, 1.807) is 6.07 Å². The van der Waals surface area contributed by atoms with Crippen molar-refractivity contribution < 1.29 is 14.2 Å². The quantitative estimate of drug-likeness (QED) is 0.843. The predicted octanol–water partition coefficient (Wildman–Crippen LogP) is 3.57. The molecule has 0 bridgehead atoms. The SMILES string of the molecule is CCCNC(C)c1cc(F)ccc1OC1CCCCC1O. The minimum atomic E-state index is -0.421. The molecule has 2 N–H and O–H groups in total. The summed E-state index contributed by atoms with van der Waals surface area (Å²) in [6, 6.07) is 4.64. The van der Waals surface area contributed by atoms with Gasteiger partial charge in [-0.1, -0.05) is 13.3 Å². The summed E-state index contributed by atoms with van der Waals surface area (Å²) in [5.41, 5.74) is 0.821. The lowest BCUT2D eigenvalue weighted by Crippen LogP contribution is -2.35. The second-order valence-electron chi connectivity index (χ2n) is 5.87. The zero-order valence-corrected chi connectivity index (χ0v) is 12.9. The number of benzene rings is 1. The van der Waals surface area contributed by atoms with Crippen molar-refractivity contribution in [3.63, 3.8) is 0 Å². The molecule has 4 heteroatoms. The first-order valence-electron chi connectivity index (χ1n) is 7.99. The summed E-state index contributed by atoms with van der Waals surface area (Å²) < 4.78 is 19.6. The molecule has 0 aromatic heterocycles. The highest BCUT2D eigenvalue weighted by Gasteiger charge is 2.26. The van der Waals surface area contributed by atoms with Crippen LogP contribution in [0.25, 0.3) is 0 Å². The van der Waals surface area contributed by atoms with Gasteiger partial charge in [-0.3, -0.25) is 0 Å². The van der Waals surface area contributed by atoms with Crippen LogP contribution in [0.15, 0.2) is 18.2 Å². The van der Waals surface area contributed by atoms with Crippen molar-refractivity contribution in [1.29, 1.82) is 0 Å². The van der Waals surface area contributed by atoms with Crippen LogP contribution in [0.5, 0.6) is 5.75 Å². The van der Waals surface area contributed by atoms with Crippen molar-refractivity contribution in [3.8, 4) is 5.75 Å². The summed E-state index contributed by atoms with van der Waals surface area (Å²) in [5.74, 6) is 0.421. The van der Waals surface area contributed by atoms with Gasteiger partial charge in [0.15, 0.2) is 0 Å². The van der Waals surface area contributed by atoms with Crippen LogP contribution >= 0.6 is 0 Å². The van der Waals surface area contributed by atoms with Crippen LogP contribution < -0.4 is 10.1 Å². The molecule has 0 saturated heterocycles. The van der Waals surface area contributed by atoms with E-state index in [0.717, 1.165) is 44.2 Å². The van der Waals surface area contributed by atoms with Gasteiger partial charge in [0.2, 0.25) is 0 Å². The highest BCUT2D eigenvalue weighted by atomic mass is 19.1. The average Bonchev–Trinajstić information content (AvgIpc) is 2.48. The zero-order chi connectivity index (χ0) is 15.2. The lowest BCUT2D eigenvalue weighted by molar-refractivity contribution is 0.00615. The molecule has 0 spiro atoms. The van der Waals surface area contributed by atoms with E-state index < -0.39 is 6.10 Å². The second-order valence-corrected chi connectivity index (χ2v) is 5.87. The van der Waals surface area contributed by atoms with Crippen molar-refractivity contribution in [2.24, 2.45) is 0 Å². The third kappa shape index (κ3) is 4.42. The first-order valence-corrected chi connectivity index (χ1v) is 7.99. The molecule has 21 heavy (non-hydrogen) atoms. The van der Waals surface area contributed by atoms with Crippen LogP contribution in [0.3, 0.4) is 0 Å². The Morgan fingerprint density at radius 3 is 2.86 bits per heavy atom. The van der Waals surface area contributed by atoms with E-state index in [1.807, 2.05) is 6.92 Å². The second kappa shape index (κ2) is 7.76. The summed E-state index contributed by atoms with van der Waals surface area (Å²) in [7, 11) is 0. The van der Waals surface area contributed by atoms with Crippen LogP contribution in [-0.2, 0) is 0 Å². The molecule has 1 aliphatic rings. The average molecular weight is 295 g/mol. The molecule has 1 aromatic carbocycles. The molecule has 118 valence electrons. The number of hydrogen-bond acceptors (Lipinski definition) is 3. The van der Waals surface area contributed by atoms with E-state index in [0.29, 0.717) is 5.75 Å². The zero-order valence-electron chi connectivity index (χ0n) is 12.9. The Morgan fingerprint density at radius 2 is 2.14 bits per heavy atom. The van der Waals surface area contributed by atoms with Crippen molar-refractivity contribution in [2.45, 2.75) is 64.2 Å². The first-order chi connectivity index (χ1) is 10.1. The molecule has 1 aromatic rings. The number of aliphatic hydroxyl groups excluding tert-OH is 1. The Hall–Kier alpha value is -1.13. The van der Waals surface area contributed by atoms with Gasteiger partial charge in [-0.05, 0) is 57.4 Å². The minimum Gasteiger partial charge on any atom is -0.487 e. The fourth-order valence-corrected chi connectivity index (χ4v) is 2.81. The monoisotopic (exact) mass is 295 g/mol. The Morgan fingerprint density at radius 1 is 1.38 bits per heavy atom. The topological polar surface area (TPSA) is 41.5 Å². The molecule has 1 aliphatic carbocycles. The van der Waals surface area contributed by atoms with Gasteiger partial charge in [-0.2, -0.15) is 0 Å². The molecule has 3 unspecified atom stereocenters. The summed E-state index contributed by atoms with van der Waals surface area (Å²) in [5, 5.41) is 13.4. The summed E-state index contributed by atoms with van der Waals surface area (Å²) in [4.78, 5) is 0. The van der Waals surface area contributed by atoms with Crippen LogP contribution in [-0.4, -0.2) is 23.9 Å². The van der Waals surface area contributed by atoms with Gasteiger partial charge >= 0.3 is 0 Å². The largest absolute Gasteiger partial charge is 0.487 e. The lowest BCUT2D eigenvalue weighted by atomic mass is 9.94. The fraction of sp³-hybridized carbons (Fsp3) is 0.647. The van der Waals surface area contributed by atoms with Crippen molar-refractivity contribution in [2.75, 3.05) is 6.54 Å². The third-order valence-corrected chi connectivity index (χ3v) is 4.08. The van der Waals surface area contributed by atoms with Crippen LogP contribution in [0.4, 0.5) is 4.39 Å². The number of ether oxygens (including phenoxy) is 1. The van der Waals surface area contributed by atoms with Gasteiger partial charge in [0.1, 0.15) is 17.7 Å². The lowest BCUT2D eigenvalue weighted by Gasteiger charge is -2.30. The summed E-state index contributed by atoms with van der Waals surface area (Å²) in [6.45, 7) is 4.98. The number of hydrogen-bond donors (Lipinski definition) is 2. The maximum atomic E-state index is 13.6. The molecule has 2 rings (SSSR count). The van der Waals surface area contributed by atoms with Gasteiger partial charge in [0, 0.05) is 11.6 Å². The van der Waals surface area contributed by atoms with Gasteiger partial charge < -0.3 is 15.2 Å². The van der Waals surface area contributed by atoms with Crippen molar-refractivity contribution in [3.05, 3.63) is 29.6 Å². The molecule has 3 nitrogen and oxygen atoms in total. The van der Waals surface area contributed by atoms with Gasteiger partial charge in [-0.25, -0.2) is 4.39 Å². The molecule has 3 atom stereocenters. The van der Waals surface area contributed by atoms with Crippen LogP contribution in [0.2, 0.25) is 0 Å². The highest BCUT2D eigenvalue weighted by Crippen LogP contribution is 2.30. The van der Waals surface area contributed by atoms with Crippen LogP contribution in [0, 0.1) is 5.82 Å². The Labute approximate surface area is 126 Å². The standard InChI is InChI=1S/C17H26FNO2/c1-3-10-19-12(2)14-11-13(18)8-9-16(14)21-17-7-5-4-6-15(17)20/h8-9,11-12,15,17,19-20H,3-7,10H2,1-2H3. The number of aliphatic hydroxyl groups is 1. The fourth-order valence-electron chi connectivity index (χ4n) is 2.81. The Balaban J connectivity index is 2.13. The molecule has 0 aliphatic heterocycles. The Bertz CT molecular complexity index is 452. The molecule has 1 fully saturated rings. The smallest absolute Gasteiger partial charge is 0.124 e. The maximum absolute atomic E-state index is 13.6. The predicted molar refractivity (Wildman–Crippen MR) is 82.0 cm³/mol. The molecule has 0 radical (unpaired) electrons. The number of nitrogens with one attached hydrogen (secondary N) is 1. The van der Waals surface area contributed by atoms with Gasteiger partial charge in [-0.15, -0.1) is 0 Å². The molecule has 1 saturated carbocycles. The van der Waals surface area contributed by atoms with Gasteiger partial charge in [0.25, 0.3) is 0 Å². The molecular formula is C17H26FNO2. The maximum Gasteiger partial charge on any atom is 0.124 e. The van der Waals surface area contributed by atoms with Crippen molar-refractivity contribution >= 4 is 0 Å². The van der Waals surface area contributed by atoms with Crippen LogP contribution in [0.1, 0.15) is 57.6 Å². The number of rotatable bonds is 6. The molecule has 0 heterocycles. The van der Waals surface area contributed by atoms with E-state index >= 15 is 0 Å². The molecular weight excluding hydrogens is 269 g/mol. The van der Waals surface area contributed by atoms with E-state index in [-0.39, 0.29) is 18.0 Å². The Kier molecular flexibility index (Phi) is 6.00. The summed E-state index contributed by atoms with van der Waals surface area (Å²) >= 11 is 0. The highest BCUT2D eigenvalue weighted by molar-refractivity contribution is 5.36. The van der Waals surface area contributed by atoms with Crippen molar-refractivity contribution in [1.82, 2.24) is 5.32 Å². The minimum absolute atomic E-state index is 0.0244. The first kappa shape index (κ1) is 16.2. The van der Waals surface area contributed by atoms with Gasteiger partial charge in [0.05, 0.1) is 6.10 Å². The van der Waals surface area contributed by atoms with E-state index in [9.17, 15) is 9.50 Å². The number of halogens is 1. The van der Waals surface area contributed by atoms with E-state index in [2.05, 4.69) is 12.2 Å².